The minimum absolute atomic E-state index is 0.502. The number of halogens is 1. The van der Waals surface area contributed by atoms with Crippen molar-refractivity contribution in [3.8, 4) is 0 Å². The number of nitrogens with zero attached hydrogens (tertiary/aromatic N) is 3. The standard InChI is InChI=1S/C9H8ClN3OS/c10-9-11-5-7(15-9)6-13-4-2-1-3-8(13)12-14/h1-5,14H,6H2. The van der Waals surface area contributed by atoms with E-state index in [1.54, 1.807) is 12.3 Å². The largest absolute Gasteiger partial charge is 0.409 e. The van der Waals surface area contributed by atoms with Crippen LogP contribution in [-0.2, 0) is 6.54 Å². The van der Waals surface area contributed by atoms with Crippen LogP contribution in [0.5, 0.6) is 0 Å². The molecule has 0 aromatic carbocycles. The first-order valence-electron chi connectivity index (χ1n) is 4.23. The van der Waals surface area contributed by atoms with Gasteiger partial charge in [0.15, 0.2) is 9.95 Å². The number of pyridine rings is 1. The molecule has 0 fully saturated rings. The van der Waals surface area contributed by atoms with Gasteiger partial charge < -0.3 is 9.77 Å². The summed E-state index contributed by atoms with van der Waals surface area (Å²) < 4.78 is 2.33. The van der Waals surface area contributed by atoms with E-state index < -0.39 is 0 Å². The molecule has 6 heteroatoms. The van der Waals surface area contributed by atoms with Crippen molar-refractivity contribution in [2.45, 2.75) is 6.54 Å². The summed E-state index contributed by atoms with van der Waals surface area (Å²) in [6.45, 7) is 0.602. The van der Waals surface area contributed by atoms with Crippen LogP contribution in [0.4, 0.5) is 0 Å². The predicted molar refractivity (Wildman–Crippen MR) is 58.0 cm³/mol. The van der Waals surface area contributed by atoms with E-state index in [0.29, 0.717) is 16.5 Å². The fourth-order valence-electron chi connectivity index (χ4n) is 1.22. The van der Waals surface area contributed by atoms with Crippen LogP contribution in [-0.4, -0.2) is 14.8 Å². The summed E-state index contributed by atoms with van der Waals surface area (Å²) in [5, 5.41) is 12.0. The average molecular weight is 242 g/mol. The third-order valence-electron chi connectivity index (χ3n) is 1.87. The Labute approximate surface area is 95.1 Å². The maximum Gasteiger partial charge on any atom is 0.183 e. The summed E-state index contributed by atoms with van der Waals surface area (Å²) in [7, 11) is 0. The lowest BCUT2D eigenvalue weighted by atomic mass is 10.4. The zero-order valence-corrected chi connectivity index (χ0v) is 9.24. The van der Waals surface area contributed by atoms with E-state index in [1.807, 2.05) is 22.9 Å². The molecule has 0 aliphatic carbocycles. The van der Waals surface area contributed by atoms with Crippen LogP contribution >= 0.6 is 22.9 Å². The second-order valence-electron chi connectivity index (χ2n) is 2.87. The van der Waals surface area contributed by atoms with E-state index >= 15 is 0 Å². The lowest BCUT2D eigenvalue weighted by molar-refractivity contribution is 0.294. The molecule has 0 radical (unpaired) electrons. The van der Waals surface area contributed by atoms with Crippen molar-refractivity contribution in [2.75, 3.05) is 0 Å². The Balaban J connectivity index is 2.32. The van der Waals surface area contributed by atoms with Gasteiger partial charge >= 0.3 is 0 Å². The minimum Gasteiger partial charge on any atom is -0.409 e. The summed E-state index contributed by atoms with van der Waals surface area (Å²) in [4.78, 5) is 4.96. The SMILES string of the molecule is ON=c1ccccn1Cc1cnc(Cl)s1. The molecule has 4 nitrogen and oxygen atoms in total. The van der Waals surface area contributed by atoms with Crippen molar-refractivity contribution in [1.29, 1.82) is 0 Å². The third kappa shape index (κ3) is 2.37. The molecule has 0 unspecified atom stereocenters. The number of hydrogen-bond donors (Lipinski definition) is 1. The van der Waals surface area contributed by atoms with Crippen LogP contribution < -0.4 is 5.49 Å². The normalized spacial score (nSPS) is 11.9. The average Bonchev–Trinajstić information content (AvgIpc) is 2.65. The highest BCUT2D eigenvalue weighted by Gasteiger charge is 2.00. The Kier molecular flexibility index (Phi) is 3.03. The van der Waals surface area contributed by atoms with Crippen LogP contribution in [0.2, 0.25) is 4.47 Å². The van der Waals surface area contributed by atoms with Crippen LogP contribution in [0.25, 0.3) is 0 Å². The Hall–Kier alpha value is -1.33. The van der Waals surface area contributed by atoms with E-state index in [0.717, 1.165) is 4.88 Å². The van der Waals surface area contributed by atoms with E-state index in [4.69, 9.17) is 16.8 Å². The first kappa shape index (κ1) is 10.2. The zero-order chi connectivity index (χ0) is 10.7. The molecule has 0 spiro atoms. The summed E-state index contributed by atoms with van der Waals surface area (Å²) in [6.07, 6.45) is 3.55. The van der Waals surface area contributed by atoms with Crippen molar-refractivity contribution in [3.05, 3.63) is 45.4 Å². The van der Waals surface area contributed by atoms with E-state index in [-0.39, 0.29) is 0 Å². The molecule has 2 aromatic heterocycles. The molecule has 0 saturated carbocycles. The molecule has 1 N–H and O–H groups in total. The summed E-state index contributed by atoms with van der Waals surface area (Å²) in [6, 6.07) is 5.41. The summed E-state index contributed by atoms with van der Waals surface area (Å²) in [5.74, 6) is 0. The molecule has 0 saturated heterocycles. The maximum atomic E-state index is 8.77. The van der Waals surface area contributed by atoms with Crippen LogP contribution in [0.1, 0.15) is 4.88 Å². The van der Waals surface area contributed by atoms with Gasteiger partial charge in [-0.3, -0.25) is 0 Å². The first-order chi connectivity index (χ1) is 7.29. The monoisotopic (exact) mass is 241 g/mol. The quantitative estimate of drug-likeness (QED) is 0.645. The summed E-state index contributed by atoms with van der Waals surface area (Å²) >= 11 is 7.14. The highest BCUT2D eigenvalue weighted by molar-refractivity contribution is 7.15. The second kappa shape index (κ2) is 4.46. The fourth-order valence-corrected chi connectivity index (χ4v) is 2.19. The first-order valence-corrected chi connectivity index (χ1v) is 5.43. The van der Waals surface area contributed by atoms with E-state index in [2.05, 4.69) is 10.1 Å². The van der Waals surface area contributed by atoms with Gasteiger partial charge in [0.05, 0.1) is 6.54 Å². The smallest absolute Gasteiger partial charge is 0.183 e. The van der Waals surface area contributed by atoms with E-state index in [1.165, 1.54) is 11.3 Å². The molecule has 0 amide bonds. The van der Waals surface area contributed by atoms with Crippen LogP contribution in [0, 0.1) is 0 Å². The molecule has 0 atom stereocenters. The predicted octanol–water partition coefficient (Wildman–Crippen LogP) is 1.94. The van der Waals surface area contributed by atoms with Gasteiger partial charge in [0.2, 0.25) is 0 Å². The van der Waals surface area contributed by atoms with Crippen LogP contribution in [0.3, 0.4) is 0 Å². The van der Waals surface area contributed by atoms with Gasteiger partial charge in [-0.15, -0.1) is 11.3 Å². The number of thiazole rings is 1. The number of hydrogen-bond acceptors (Lipinski definition) is 4. The van der Waals surface area contributed by atoms with Gasteiger partial charge in [-0.05, 0) is 12.1 Å². The number of rotatable bonds is 2. The van der Waals surface area contributed by atoms with E-state index in [9.17, 15) is 0 Å². The van der Waals surface area contributed by atoms with Crippen molar-refractivity contribution in [1.82, 2.24) is 9.55 Å². The van der Waals surface area contributed by atoms with Crippen molar-refractivity contribution >= 4 is 22.9 Å². The van der Waals surface area contributed by atoms with Gasteiger partial charge in [0, 0.05) is 17.3 Å². The minimum atomic E-state index is 0.502. The number of aromatic nitrogens is 2. The van der Waals surface area contributed by atoms with Gasteiger partial charge in [-0.1, -0.05) is 22.8 Å². The van der Waals surface area contributed by atoms with Crippen molar-refractivity contribution in [3.63, 3.8) is 0 Å². The Bertz CT molecular complexity index is 520. The third-order valence-corrected chi connectivity index (χ3v) is 2.97. The summed E-state index contributed by atoms with van der Waals surface area (Å²) in [5.41, 5.74) is 0.502. The molecule has 2 rings (SSSR count). The molecule has 0 aliphatic heterocycles. The Morgan fingerprint density at radius 2 is 2.40 bits per heavy atom. The zero-order valence-electron chi connectivity index (χ0n) is 7.67. The molecule has 2 heterocycles. The van der Waals surface area contributed by atoms with Gasteiger partial charge in [-0.2, -0.15) is 0 Å². The molecule has 2 aromatic rings. The fraction of sp³-hybridized carbons (Fsp3) is 0.111. The molecular formula is C9H8ClN3OS. The molecule has 0 aliphatic rings. The van der Waals surface area contributed by atoms with Crippen molar-refractivity contribution < 1.29 is 5.21 Å². The van der Waals surface area contributed by atoms with Crippen molar-refractivity contribution in [2.24, 2.45) is 5.16 Å². The lowest BCUT2D eigenvalue weighted by Gasteiger charge is -2.02. The molecular weight excluding hydrogens is 234 g/mol. The Morgan fingerprint density at radius 1 is 1.53 bits per heavy atom. The highest BCUT2D eigenvalue weighted by Crippen LogP contribution is 2.17. The lowest BCUT2D eigenvalue weighted by Crippen LogP contribution is -2.19. The van der Waals surface area contributed by atoms with Gasteiger partial charge in [0.1, 0.15) is 0 Å². The molecule has 0 bridgehead atoms. The molecule has 15 heavy (non-hydrogen) atoms. The van der Waals surface area contributed by atoms with Gasteiger partial charge in [0.25, 0.3) is 0 Å². The molecule has 78 valence electrons. The van der Waals surface area contributed by atoms with Gasteiger partial charge in [-0.25, -0.2) is 4.98 Å². The second-order valence-corrected chi connectivity index (χ2v) is 4.56. The topological polar surface area (TPSA) is 50.4 Å². The maximum absolute atomic E-state index is 8.77. The highest BCUT2D eigenvalue weighted by atomic mass is 35.5. The Morgan fingerprint density at radius 3 is 3.07 bits per heavy atom. The van der Waals surface area contributed by atoms with Crippen LogP contribution in [0.15, 0.2) is 35.7 Å².